The molecule has 5 nitrogen and oxygen atoms in total. The number of non-ortho nitro benzene ring substituents is 1. The van der Waals surface area contributed by atoms with Crippen molar-refractivity contribution in [2.45, 2.75) is 6.92 Å². The zero-order valence-electron chi connectivity index (χ0n) is 8.42. The first-order valence-corrected chi connectivity index (χ1v) is 5.62. The number of aromatic nitrogens is 2. The predicted molar refractivity (Wildman–Crippen MR) is 67.7 cm³/mol. The van der Waals surface area contributed by atoms with E-state index < -0.39 is 4.92 Å². The van der Waals surface area contributed by atoms with Gasteiger partial charge in [-0.25, -0.2) is 4.68 Å². The third-order valence-corrected chi connectivity index (χ3v) is 2.98. The number of rotatable bonds is 2. The maximum atomic E-state index is 10.6. The van der Waals surface area contributed by atoms with E-state index in [-0.39, 0.29) is 5.69 Å². The largest absolute Gasteiger partial charge is 0.270 e. The Balaban J connectivity index is 2.47. The Labute approximate surface area is 105 Å². The minimum Gasteiger partial charge on any atom is -0.258 e. The van der Waals surface area contributed by atoms with Crippen LogP contribution in [0.15, 0.2) is 30.5 Å². The third kappa shape index (κ3) is 2.06. The molecule has 0 aliphatic heterocycles. The molecule has 0 N–H and O–H groups in total. The molecule has 1 aromatic heterocycles. The lowest BCUT2D eigenvalue weighted by Crippen LogP contribution is -1.99. The van der Waals surface area contributed by atoms with Crippen molar-refractivity contribution in [2.75, 3.05) is 0 Å². The molecule has 0 amide bonds. The molecule has 0 saturated heterocycles. The first-order valence-electron chi connectivity index (χ1n) is 4.54. The molecule has 0 aliphatic carbocycles. The van der Waals surface area contributed by atoms with Crippen LogP contribution in [0.5, 0.6) is 0 Å². The zero-order valence-corrected chi connectivity index (χ0v) is 10.6. The Morgan fingerprint density at radius 3 is 2.69 bits per heavy atom. The molecule has 0 fully saturated rings. The third-order valence-electron chi connectivity index (χ3n) is 2.11. The Morgan fingerprint density at radius 2 is 2.19 bits per heavy atom. The average molecular weight is 329 g/mol. The zero-order chi connectivity index (χ0) is 11.7. The normalized spacial score (nSPS) is 10.4. The molecular weight excluding hydrogens is 321 g/mol. The first-order chi connectivity index (χ1) is 7.58. The molecule has 0 saturated carbocycles. The maximum absolute atomic E-state index is 10.6. The molecule has 1 aromatic carbocycles. The highest BCUT2D eigenvalue weighted by molar-refractivity contribution is 14.1. The molecule has 1 heterocycles. The standard InChI is InChI=1S/C10H8IN3O2/c1-7-4-5-13(12-7)10-3-2-8(14(15)16)6-9(10)11/h2-6H,1H3. The minimum absolute atomic E-state index is 0.0945. The van der Waals surface area contributed by atoms with E-state index in [1.165, 1.54) is 12.1 Å². The summed E-state index contributed by atoms with van der Waals surface area (Å²) in [5, 5.41) is 14.8. The molecule has 0 radical (unpaired) electrons. The van der Waals surface area contributed by atoms with Crippen LogP contribution in [0.1, 0.15) is 5.69 Å². The molecule has 0 atom stereocenters. The summed E-state index contributed by atoms with van der Waals surface area (Å²) in [5.74, 6) is 0. The van der Waals surface area contributed by atoms with Crippen LogP contribution in [0.3, 0.4) is 0 Å². The monoisotopic (exact) mass is 329 g/mol. The van der Waals surface area contributed by atoms with Crippen LogP contribution in [0, 0.1) is 20.6 Å². The molecule has 6 heteroatoms. The summed E-state index contributed by atoms with van der Waals surface area (Å²) < 4.78 is 2.51. The van der Waals surface area contributed by atoms with Crippen LogP contribution in [0.25, 0.3) is 5.69 Å². The van der Waals surface area contributed by atoms with Gasteiger partial charge in [-0.3, -0.25) is 10.1 Å². The Kier molecular flexibility index (Phi) is 2.90. The molecule has 2 aromatic rings. The molecule has 0 bridgehead atoms. The molecule has 2 rings (SSSR count). The summed E-state index contributed by atoms with van der Waals surface area (Å²) in [6.07, 6.45) is 1.83. The second-order valence-corrected chi connectivity index (χ2v) is 4.46. The van der Waals surface area contributed by atoms with Gasteiger partial charge in [0.1, 0.15) is 0 Å². The minimum atomic E-state index is -0.402. The number of benzene rings is 1. The van der Waals surface area contributed by atoms with E-state index >= 15 is 0 Å². The lowest BCUT2D eigenvalue weighted by atomic mass is 10.3. The van der Waals surface area contributed by atoms with Crippen LogP contribution < -0.4 is 0 Å². The van der Waals surface area contributed by atoms with Crippen LogP contribution in [0.4, 0.5) is 5.69 Å². The lowest BCUT2D eigenvalue weighted by Gasteiger charge is -2.03. The van der Waals surface area contributed by atoms with Crippen molar-refractivity contribution in [2.24, 2.45) is 0 Å². The van der Waals surface area contributed by atoms with Gasteiger partial charge in [0.05, 0.1) is 16.3 Å². The quantitative estimate of drug-likeness (QED) is 0.483. The summed E-state index contributed by atoms with van der Waals surface area (Å²) in [7, 11) is 0. The molecule has 0 unspecified atom stereocenters. The lowest BCUT2D eigenvalue weighted by molar-refractivity contribution is -0.384. The predicted octanol–water partition coefficient (Wildman–Crippen LogP) is 2.69. The van der Waals surface area contributed by atoms with Gasteiger partial charge in [0.15, 0.2) is 0 Å². The van der Waals surface area contributed by atoms with Crippen LogP contribution in [0.2, 0.25) is 0 Å². The maximum Gasteiger partial charge on any atom is 0.270 e. The van der Waals surface area contributed by atoms with E-state index in [1.807, 2.05) is 19.2 Å². The van der Waals surface area contributed by atoms with Crippen molar-refractivity contribution < 1.29 is 4.92 Å². The number of hydrogen-bond acceptors (Lipinski definition) is 3. The number of aryl methyl sites for hydroxylation is 1. The van der Waals surface area contributed by atoms with Gasteiger partial charge in [-0.2, -0.15) is 5.10 Å². The van der Waals surface area contributed by atoms with Gasteiger partial charge < -0.3 is 0 Å². The van der Waals surface area contributed by atoms with Gasteiger partial charge >= 0.3 is 0 Å². The Bertz CT molecular complexity index is 551. The topological polar surface area (TPSA) is 61.0 Å². The fraction of sp³-hybridized carbons (Fsp3) is 0.100. The van der Waals surface area contributed by atoms with Crippen LogP contribution in [-0.2, 0) is 0 Å². The van der Waals surface area contributed by atoms with E-state index in [1.54, 1.807) is 10.7 Å². The number of nitrogens with zero attached hydrogens (tertiary/aromatic N) is 3. The summed E-state index contributed by atoms with van der Waals surface area (Å²) in [4.78, 5) is 10.2. The van der Waals surface area contributed by atoms with Crippen molar-refractivity contribution in [1.82, 2.24) is 9.78 Å². The van der Waals surface area contributed by atoms with Crippen molar-refractivity contribution in [3.05, 3.63) is 49.8 Å². The second-order valence-electron chi connectivity index (χ2n) is 3.29. The Hall–Kier alpha value is -1.44. The van der Waals surface area contributed by atoms with Crippen LogP contribution in [-0.4, -0.2) is 14.7 Å². The van der Waals surface area contributed by atoms with Crippen molar-refractivity contribution >= 4 is 28.3 Å². The molecule has 82 valence electrons. The van der Waals surface area contributed by atoms with Gasteiger partial charge in [0, 0.05) is 21.9 Å². The van der Waals surface area contributed by atoms with Crippen molar-refractivity contribution in [3.8, 4) is 5.69 Å². The highest BCUT2D eigenvalue weighted by Crippen LogP contribution is 2.22. The summed E-state index contributed by atoms with van der Waals surface area (Å²) in [6, 6.07) is 6.60. The molecule has 0 aliphatic rings. The first kappa shape index (κ1) is 11.1. The summed E-state index contributed by atoms with van der Waals surface area (Å²) >= 11 is 2.07. The smallest absolute Gasteiger partial charge is 0.258 e. The van der Waals surface area contributed by atoms with E-state index in [2.05, 4.69) is 27.7 Å². The second kappa shape index (κ2) is 4.20. The number of nitro groups is 1. The van der Waals surface area contributed by atoms with Gasteiger partial charge in [-0.1, -0.05) is 0 Å². The molecular formula is C10H8IN3O2. The fourth-order valence-corrected chi connectivity index (χ4v) is 2.09. The Morgan fingerprint density at radius 1 is 1.44 bits per heavy atom. The van der Waals surface area contributed by atoms with Gasteiger partial charge in [-0.05, 0) is 41.6 Å². The SMILES string of the molecule is Cc1ccn(-c2ccc([N+](=O)[O-])cc2I)n1. The van der Waals surface area contributed by atoms with Gasteiger partial charge in [-0.15, -0.1) is 0 Å². The van der Waals surface area contributed by atoms with E-state index in [9.17, 15) is 10.1 Å². The van der Waals surface area contributed by atoms with Crippen LogP contribution >= 0.6 is 22.6 Å². The average Bonchev–Trinajstić information content (AvgIpc) is 2.64. The summed E-state index contributed by atoms with van der Waals surface area (Å²) in [5.41, 5.74) is 1.85. The van der Waals surface area contributed by atoms with Gasteiger partial charge in [0.25, 0.3) is 5.69 Å². The van der Waals surface area contributed by atoms with Crippen molar-refractivity contribution in [3.63, 3.8) is 0 Å². The number of nitro benzene ring substituents is 1. The van der Waals surface area contributed by atoms with E-state index in [0.29, 0.717) is 0 Å². The summed E-state index contributed by atoms with van der Waals surface area (Å²) in [6.45, 7) is 1.90. The highest BCUT2D eigenvalue weighted by atomic mass is 127. The number of halogens is 1. The fourth-order valence-electron chi connectivity index (χ4n) is 1.34. The highest BCUT2D eigenvalue weighted by Gasteiger charge is 2.10. The van der Waals surface area contributed by atoms with E-state index in [0.717, 1.165) is 15.0 Å². The van der Waals surface area contributed by atoms with Crippen molar-refractivity contribution in [1.29, 1.82) is 0 Å². The number of hydrogen-bond donors (Lipinski definition) is 0. The molecule has 16 heavy (non-hydrogen) atoms. The molecule has 0 spiro atoms. The van der Waals surface area contributed by atoms with Gasteiger partial charge in [0.2, 0.25) is 0 Å². The van der Waals surface area contributed by atoms with E-state index in [4.69, 9.17) is 0 Å².